The van der Waals surface area contributed by atoms with Gasteiger partial charge < -0.3 is 4.90 Å². The third kappa shape index (κ3) is 6.14. The summed E-state index contributed by atoms with van der Waals surface area (Å²) in [5, 5.41) is 0. The predicted octanol–water partition coefficient (Wildman–Crippen LogP) is 5.76. The topological polar surface area (TPSA) is 3.24 Å². The number of hydrogen-bond acceptors (Lipinski definition) is 1. The van der Waals surface area contributed by atoms with Crippen LogP contribution >= 0.6 is 0 Å². The van der Waals surface area contributed by atoms with E-state index in [-0.39, 0.29) is 0 Å². The average Bonchev–Trinajstić information content (AvgIpc) is 2.48. The van der Waals surface area contributed by atoms with Crippen LogP contribution in [-0.4, -0.2) is 24.5 Å². The van der Waals surface area contributed by atoms with Crippen molar-refractivity contribution in [1.82, 2.24) is 4.90 Å². The van der Waals surface area contributed by atoms with Gasteiger partial charge in [0, 0.05) is 12.6 Å². The smallest absolute Gasteiger partial charge is 0.00356 e. The molecule has 0 N–H and O–H groups in total. The van der Waals surface area contributed by atoms with Gasteiger partial charge in [-0.2, -0.15) is 0 Å². The van der Waals surface area contributed by atoms with Gasteiger partial charge in [-0.15, -0.1) is 0 Å². The van der Waals surface area contributed by atoms with Gasteiger partial charge in [0.05, 0.1) is 0 Å². The van der Waals surface area contributed by atoms with Crippen LogP contribution in [0.5, 0.6) is 0 Å². The van der Waals surface area contributed by atoms with Crippen molar-refractivity contribution in [3.05, 3.63) is 12.2 Å². The highest BCUT2D eigenvalue weighted by Gasteiger charge is 2.28. The summed E-state index contributed by atoms with van der Waals surface area (Å²) in [6, 6.07) is 0.669. The molecule has 0 saturated carbocycles. The molecular weight excluding hydrogens is 254 g/mol. The molecular formula is C20H39N. The van der Waals surface area contributed by atoms with Gasteiger partial charge in [-0.05, 0) is 70.3 Å². The Morgan fingerprint density at radius 2 is 1.71 bits per heavy atom. The molecule has 124 valence electrons. The fraction of sp³-hybridized carbons (Fsp3) is 0.900. The number of rotatable bonds is 9. The highest BCUT2D eigenvalue weighted by atomic mass is 15.1. The highest BCUT2D eigenvalue weighted by Crippen LogP contribution is 2.38. The average molecular weight is 294 g/mol. The van der Waals surface area contributed by atoms with Crippen LogP contribution in [-0.2, 0) is 0 Å². The maximum atomic E-state index is 2.49. The first kappa shape index (κ1) is 18.7. The molecule has 0 fully saturated rings. The van der Waals surface area contributed by atoms with Crippen LogP contribution in [0.25, 0.3) is 0 Å². The van der Waals surface area contributed by atoms with Crippen LogP contribution in [0, 0.1) is 23.7 Å². The minimum atomic E-state index is 0.669. The van der Waals surface area contributed by atoms with Crippen molar-refractivity contribution >= 4 is 0 Å². The summed E-state index contributed by atoms with van der Waals surface area (Å²) >= 11 is 0. The van der Waals surface area contributed by atoms with Gasteiger partial charge in [0.15, 0.2) is 0 Å². The molecule has 1 heteroatoms. The monoisotopic (exact) mass is 293 g/mol. The van der Waals surface area contributed by atoms with Crippen molar-refractivity contribution in [2.24, 2.45) is 23.7 Å². The van der Waals surface area contributed by atoms with E-state index in [2.05, 4.69) is 58.7 Å². The van der Waals surface area contributed by atoms with Gasteiger partial charge in [0.2, 0.25) is 0 Å². The number of allylic oxidation sites excluding steroid dienone is 2. The normalized spacial score (nSPS) is 25.5. The first-order valence-electron chi connectivity index (χ1n) is 9.34. The van der Waals surface area contributed by atoms with E-state index in [1.54, 1.807) is 0 Å². The van der Waals surface area contributed by atoms with Crippen molar-refractivity contribution in [2.45, 2.75) is 79.2 Å². The zero-order valence-electron chi connectivity index (χ0n) is 15.4. The zero-order chi connectivity index (χ0) is 15.8. The van der Waals surface area contributed by atoms with Gasteiger partial charge >= 0.3 is 0 Å². The molecule has 4 atom stereocenters. The summed E-state index contributed by atoms with van der Waals surface area (Å²) in [5.74, 6) is 3.64. The molecule has 0 aromatic carbocycles. The van der Waals surface area contributed by atoms with Gasteiger partial charge in [-0.3, -0.25) is 0 Å². The Bertz CT molecular complexity index is 294. The van der Waals surface area contributed by atoms with E-state index in [9.17, 15) is 0 Å². The maximum absolute atomic E-state index is 2.49. The molecule has 0 radical (unpaired) electrons. The molecule has 0 heterocycles. The fourth-order valence-electron chi connectivity index (χ4n) is 3.95. The quantitative estimate of drug-likeness (QED) is 0.488. The maximum Gasteiger partial charge on any atom is 0.00356 e. The van der Waals surface area contributed by atoms with E-state index < -0.39 is 0 Å². The fourth-order valence-corrected chi connectivity index (χ4v) is 3.95. The Hall–Kier alpha value is -0.300. The van der Waals surface area contributed by atoms with E-state index in [1.807, 2.05) is 0 Å². The zero-order valence-corrected chi connectivity index (χ0v) is 15.4. The van der Waals surface area contributed by atoms with Crippen LogP contribution in [0.4, 0.5) is 0 Å². The molecule has 0 spiro atoms. The van der Waals surface area contributed by atoms with Gasteiger partial charge in [-0.1, -0.05) is 45.8 Å². The second kappa shape index (κ2) is 9.66. The molecule has 1 aliphatic rings. The first-order chi connectivity index (χ1) is 9.99. The van der Waals surface area contributed by atoms with E-state index in [1.165, 1.54) is 45.1 Å². The SMILES string of the molecule is CCC1CC=CCC1C(CC)CCC(C)CN(C)C(C)C. The van der Waals surface area contributed by atoms with Crippen LogP contribution in [0.1, 0.15) is 73.1 Å². The molecule has 0 aliphatic heterocycles. The minimum Gasteiger partial charge on any atom is -0.304 e. The summed E-state index contributed by atoms with van der Waals surface area (Å²) < 4.78 is 0. The Morgan fingerprint density at radius 3 is 2.29 bits per heavy atom. The van der Waals surface area contributed by atoms with Crippen LogP contribution < -0.4 is 0 Å². The predicted molar refractivity (Wildman–Crippen MR) is 95.6 cm³/mol. The Labute approximate surface area is 134 Å². The largest absolute Gasteiger partial charge is 0.304 e. The van der Waals surface area contributed by atoms with Crippen molar-refractivity contribution in [3.63, 3.8) is 0 Å². The lowest BCUT2D eigenvalue weighted by molar-refractivity contribution is 0.176. The molecule has 0 aromatic heterocycles. The Morgan fingerprint density at radius 1 is 1.05 bits per heavy atom. The number of nitrogens with zero attached hydrogens (tertiary/aromatic N) is 1. The molecule has 4 unspecified atom stereocenters. The van der Waals surface area contributed by atoms with Gasteiger partial charge in [-0.25, -0.2) is 0 Å². The second-order valence-electron chi connectivity index (χ2n) is 7.66. The summed E-state index contributed by atoms with van der Waals surface area (Å²) in [5.41, 5.74) is 0. The van der Waals surface area contributed by atoms with Crippen LogP contribution in [0.3, 0.4) is 0 Å². The molecule has 1 aliphatic carbocycles. The van der Waals surface area contributed by atoms with Crippen molar-refractivity contribution in [2.75, 3.05) is 13.6 Å². The highest BCUT2D eigenvalue weighted by molar-refractivity contribution is 4.96. The molecule has 21 heavy (non-hydrogen) atoms. The Balaban J connectivity index is 2.44. The number of hydrogen-bond donors (Lipinski definition) is 0. The third-order valence-corrected chi connectivity index (χ3v) is 5.78. The molecule has 0 saturated heterocycles. The van der Waals surface area contributed by atoms with E-state index in [4.69, 9.17) is 0 Å². The molecule has 0 bridgehead atoms. The summed E-state index contributed by atoms with van der Waals surface area (Å²) in [4.78, 5) is 2.49. The Kier molecular flexibility index (Phi) is 8.63. The van der Waals surface area contributed by atoms with Crippen LogP contribution in [0.15, 0.2) is 12.2 Å². The van der Waals surface area contributed by atoms with Crippen molar-refractivity contribution < 1.29 is 0 Å². The summed E-state index contributed by atoms with van der Waals surface area (Å²) in [7, 11) is 2.26. The summed E-state index contributed by atoms with van der Waals surface area (Å²) in [6.45, 7) is 13.0. The third-order valence-electron chi connectivity index (χ3n) is 5.78. The van der Waals surface area contributed by atoms with Crippen molar-refractivity contribution in [3.8, 4) is 0 Å². The van der Waals surface area contributed by atoms with Gasteiger partial charge in [0.1, 0.15) is 0 Å². The van der Waals surface area contributed by atoms with Crippen molar-refractivity contribution in [1.29, 1.82) is 0 Å². The first-order valence-corrected chi connectivity index (χ1v) is 9.34. The van der Waals surface area contributed by atoms with E-state index in [0.29, 0.717) is 6.04 Å². The lowest BCUT2D eigenvalue weighted by atomic mass is 9.71. The lowest BCUT2D eigenvalue weighted by Crippen LogP contribution is -2.31. The lowest BCUT2D eigenvalue weighted by Gasteiger charge is -2.35. The van der Waals surface area contributed by atoms with E-state index in [0.717, 1.165) is 23.7 Å². The molecule has 0 amide bonds. The van der Waals surface area contributed by atoms with Crippen LogP contribution in [0.2, 0.25) is 0 Å². The molecule has 1 rings (SSSR count). The van der Waals surface area contributed by atoms with E-state index >= 15 is 0 Å². The summed E-state index contributed by atoms with van der Waals surface area (Å²) in [6.07, 6.45) is 13.1. The standard InChI is InChI=1S/C20H39N/c1-7-18-11-9-10-12-20(18)19(8-2)14-13-17(5)15-21(6)16(3)4/h9-10,16-20H,7-8,11-15H2,1-6H3. The van der Waals surface area contributed by atoms with Gasteiger partial charge in [0.25, 0.3) is 0 Å². The molecule has 1 nitrogen and oxygen atoms in total. The second-order valence-corrected chi connectivity index (χ2v) is 7.66. The molecule has 0 aromatic rings. The minimum absolute atomic E-state index is 0.669.